The summed E-state index contributed by atoms with van der Waals surface area (Å²) in [5, 5.41) is 0. The minimum absolute atomic E-state index is 0.0328. The van der Waals surface area contributed by atoms with Crippen LogP contribution in [0.1, 0.15) is 0 Å². The SMILES string of the molecule is O=C1COCCN1c1ccc(Br)cc1OC(F)F. The standard InChI is InChI=1S/C11H10BrF2NO3/c12-7-1-2-8(9(5-7)18-11(13)14)15-3-4-17-6-10(15)16/h1-2,5,11H,3-4,6H2. The van der Waals surface area contributed by atoms with E-state index in [0.717, 1.165) is 0 Å². The highest BCUT2D eigenvalue weighted by Crippen LogP contribution is 2.33. The zero-order valence-electron chi connectivity index (χ0n) is 9.24. The Morgan fingerprint density at radius 2 is 2.22 bits per heavy atom. The molecule has 7 heteroatoms. The summed E-state index contributed by atoms with van der Waals surface area (Å²) in [5.74, 6) is -0.308. The molecule has 2 rings (SSSR count). The third-order valence-electron chi connectivity index (χ3n) is 2.41. The molecular weight excluding hydrogens is 312 g/mol. The third kappa shape index (κ3) is 2.97. The van der Waals surface area contributed by atoms with Crippen molar-refractivity contribution < 1.29 is 23.0 Å². The van der Waals surface area contributed by atoms with Gasteiger partial charge < -0.3 is 14.4 Å². The number of benzene rings is 1. The average Bonchev–Trinajstić information content (AvgIpc) is 2.30. The van der Waals surface area contributed by atoms with Crippen molar-refractivity contribution in [3.05, 3.63) is 22.7 Å². The van der Waals surface area contributed by atoms with Gasteiger partial charge in [-0.25, -0.2) is 0 Å². The molecule has 0 aromatic heterocycles. The largest absolute Gasteiger partial charge is 0.433 e. The van der Waals surface area contributed by atoms with E-state index in [4.69, 9.17) is 4.74 Å². The second-order valence-electron chi connectivity index (χ2n) is 3.59. The molecule has 1 fully saturated rings. The molecule has 0 spiro atoms. The van der Waals surface area contributed by atoms with E-state index in [2.05, 4.69) is 20.7 Å². The second kappa shape index (κ2) is 5.62. The minimum atomic E-state index is -2.94. The lowest BCUT2D eigenvalue weighted by Gasteiger charge is -2.28. The van der Waals surface area contributed by atoms with E-state index in [-0.39, 0.29) is 18.3 Å². The number of carbonyl (C=O) groups is 1. The van der Waals surface area contributed by atoms with Crippen LogP contribution in [0, 0.1) is 0 Å². The van der Waals surface area contributed by atoms with Crippen molar-refractivity contribution >= 4 is 27.5 Å². The van der Waals surface area contributed by atoms with E-state index in [1.165, 1.54) is 11.0 Å². The van der Waals surface area contributed by atoms with Gasteiger partial charge in [-0.1, -0.05) is 15.9 Å². The van der Waals surface area contributed by atoms with E-state index in [9.17, 15) is 13.6 Å². The topological polar surface area (TPSA) is 38.8 Å². The lowest BCUT2D eigenvalue weighted by Crippen LogP contribution is -2.41. The first kappa shape index (κ1) is 13.2. The monoisotopic (exact) mass is 321 g/mol. The fourth-order valence-electron chi connectivity index (χ4n) is 1.67. The van der Waals surface area contributed by atoms with Crippen LogP contribution in [0.15, 0.2) is 22.7 Å². The van der Waals surface area contributed by atoms with Gasteiger partial charge in [0, 0.05) is 11.0 Å². The quantitative estimate of drug-likeness (QED) is 0.858. The van der Waals surface area contributed by atoms with Crippen LogP contribution in [-0.2, 0) is 9.53 Å². The first-order valence-electron chi connectivity index (χ1n) is 5.20. The molecule has 0 N–H and O–H groups in total. The zero-order valence-corrected chi connectivity index (χ0v) is 10.8. The highest BCUT2D eigenvalue weighted by atomic mass is 79.9. The number of halogens is 3. The van der Waals surface area contributed by atoms with Crippen LogP contribution in [-0.4, -0.2) is 32.3 Å². The summed E-state index contributed by atoms with van der Waals surface area (Å²) in [6, 6.07) is 4.63. The number of anilines is 1. The van der Waals surface area contributed by atoms with E-state index in [0.29, 0.717) is 23.3 Å². The summed E-state index contributed by atoms with van der Waals surface area (Å²) in [6.07, 6.45) is 0. The van der Waals surface area contributed by atoms with Crippen LogP contribution in [0.25, 0.3) is 0 Å². The van der Waals surface area contributed by atoms with Crippen LogP contribution >= 0.6 is 15.9 Å². The van der Waals surface area contributed by atoms with Gasteiger partial charge in [-0.2, -0.15) is 8.78 Å². The van der Waals surface area contributed by atoms with E-state index < -0.39 is 6.61 Å². The Bertz CT molecular complexity index is 456. The van der Waals surface area contributed by atoms with Gasteiger partial charge in [0.2, 0.25) is 0 Å². The third-order valence-corrected chi connectivity index (χ3v) is 2.91. The Kier molecular flexibility index (Phi) is 4.13. The van der Waals surface area contributed by atoms with Crippen molar-refractivity contribution in [1.82, 2.24) is 0 Å². The first-order valence-corrected chi connectivity index (χ1v) is 5.99. The molecule has 4 nitrogen and oxygen atoms in total. The van der Waals surface area contributed by atoms with Gasteiger partial charge in [0.1, 0.15) is 6.61 Å². The maximum absolute atomic E-state index is 12.3. The second-order valence-corrected chi connectivity index (χ2v) is 4.50. The fraction of sp³-hybridized carbons (Fsp3) is 0.364. The van der Waals surface area contributed by atoms with Crippen molar-refractivity contribution in [2.45, 2.75) is 6.61 Å². The molecule has 1 heterocycles. The molecule has 0 atom stereocenters. The van der Waals surface area contributed by atoms with E-state index in [1.807, 2.05) is 0 Å². The smallest absolute Gasteiger partial charge is 0.387 e. The van der Waals surface area contributed by atoms with Gasteiger partial charge in [-0.3, -0.25) is 4.79 Å². The van der Waals surface area contributed by atoms with Crippen molar-refractivity contribution in [3.8, 4) is 5.75 Å². The number of nitrogens with zero attached hydrogens (tertiary/aromatic N) is 1. The highest BCUT2D eigenvalue weighted by molar-refractivity contribution is 9.10. The molecule has 0 bridgehead atoms. The number of rotatable bonds is 3. The van der Waals surface area contributed by atoms with Gasteiger partial charge in [-0.05, 0) is 18.2 Å². The van der Waals surface area contributed by atoms with Crippen LogP contribution in [0.2, 0.25) is 0 Å². The van der Waals surface area contributed by atoms with Crippen molar-refractivity contribution in [3.63, 3.8) is 0 Å². The maximum atomic E-state index is 12.3. The van der Waals surface area contributed by atoms with Crippen LogP contribution in [0.5, 0.6) is 5.75 Å². The molecule has 1 aromatic rings. The van der Waals surface area contributed by atoms with E-state index in [1.54, 1.807) is 12.1 Å². The van der Waals surface area contributed by atoms with Gasteiger partial charge in [0.05, 0.1) is 12.3 Å². The van der Waals surface area contributed by atoms with Gasteiger partial charge >= 0.3 is 6.61 Å². The Hall–Kier alpha value is -1.21. The van der Waals surface area contributed by atoms with E-state index >= 15 is 0 Å². The van der Waals surface area contributed by atoms with Crippen molar-refractivity contribution in [2.24, 2.45) is 0 Å². The zero-order chi connectivity index (χ0) is 13.1. The predicted octanol–water partition coefficient (Wildman–Crippen LogP) is 2.41. The molecule has 98 valence electrons. The molecule has 18 heavy (non-hydrogen) atoms. The van der Waals surface area contributed by atoms with Crippen molar-refractivity contribution in [1.29, 1.82) is 0 Å². The lowest BCUT2D eigenvalue weighted by molar-refractivity contribution is -0.125. The molecule has 0 saturated carbocycles. The van der Waals surface area contributed by atoms with Gasteiger partial charge in [-0.15, -0.1) is 0 Å². The Balaban J connectivity index is 2.33. The molecular formula is C11H10BrF2NO3. The van der Waals surface area contributed by atoms with Crippen molar-refractivity contribution in [2.75, 3.05) is 24.7 Å². The van der Waals surface area contributed by atoms with Crippen LogP contribution in [0.3, 0.4) is 0 Å². The molecule has 0 radical (unpaired) electrons. The average molecular weight is 322 g/mol. The van der Waals surface area contributed by atoms with Crippen LogP contribution in [0.4, 0.5) is 14.5 Å². The fourth-order valence-corrected chi connectivity index (χ4v) is 2.01. The molecule has 1 aliphatic heterocycles. The number of alkyl halides is 2. The Morgan fingerprint density at radius 3 is 2.89 bits per heavy atom. The molecule has 1 saturated heterocycles. The van der Waals surface area contributed by atoms with Crippen LogP contribution < -0.4 is 9.64 Å². The summed E-state index contributed by atoms with van der Waals surface area (Å²) in [5.41, 5.74) is 0.326. The number of carbonyl (C=O) groups excluding carboxylic acids is 1. The van der Waals surface area contributed by atoms with Gasteiger partial charge in [0.15, 0.2) is 5.75 Å². The summed E-state index contributed by atoms with van der Waals surface area (Å²) in [7, 11) is 0. The number of amides is 1. The molecule has 0 aliphatic carbocycles. The lowest BCUT2D eigenvalue weighted by atomic mass is 10.2. The molecule has 1 aromatic carbocycles. The highest BCUT2D eigenvalue weighted by Gasteiger charge is 2.24. The molecule has 1 amide bonds. The normalized spacial score (nSPS) is 16.2. The molecule has 0 unspecified atom stereocenters. The molecule has 1 aliphatic rings. The number of morpholine rings is 1. The number of hydrogen-bond acceptors (Lipinski definition) is 3. The summed E-state index contributed by atoms with van der Waals surface area (Å²) < 4.78 is 34.7. The summed E-state index contributed by atoms with van der Waals surface area (Å²) >= 11 is 3.17. The Labute approximate surface area is 111 Å². The maximum Gasteiger partial charge on any atom is 0.387 e. The predicted molar refractivity (Wildman–Crippen MR) is 63.9 cm³/mol. The minimum Gasteiger partial charge on any atom is -0.433 e. The number of hydrogen-bond donors (Lipinski definition) is 0. The number of ether oxygens (including phenoxy) is 2. The summed E-state index contributed by atoms with van der Waals surface area (Å²) in [6.45, 7) is -2.30. The first-order chi connectivity index (χ1) is 8.58. The van der Waals surface area contributed by atoms with Gasteiger partial charge in [0.25, 0.3) is 5.91 Å². The Morgan fingerprint density at radius 1 is 1.44 bits per heavy atom. The summed E-state index contributed by atoms with van der Waals surface area (Å²) in [4.78, 5) is 13.0.